The normalized spacial score (nSPS) is 11.6. The molecule has 7 heteroatoms. The van der Waals surface area contributed by atoms with Crippen molar-refractivity contribution in [2.45, 2.75) is 45.2 Å². The molecule has 0 aliphatic rings. The summed E-state index contributed by atoms with van der Waals surface area (Å²) in [5, 5.41) is 12.1. The van der Waals surface area contributed by atoms with Gasteiger partial charge in [0, 0.05) is 29.8 Å². The summed E-state index contributed by atoms with van der Waals surface area (Å²) in [5.41, 5.74) is 3.63. The second-order valence-corrected chi connectivity index (χ2v) is 10.1. The molecule has 1 aromatic heterocycles. The number of aromatic nitrogens is 3. The van der Waals surface area contributed by atoms with Crippen molar-refractivity contribution in [3.63, 3.8) is 0 Å². The molecule has 2 aromatic carbocycles. The number of hydrogen-bond donors (Lipinski definition) is 1. The van der Waals surface area contributed by atoms with Gasteiger partial charge < -0.3 is 9.88 Å². The Balaban J connectivity index is 1.63. The Bertz CT molecular complexity index is 1090. The van der Waals surface area contributed by atoms with Crippen molar-refractivity contribution in [2.75, 3.05) is 11.1 Å². The fraction of sp³-hybridized carbons (Fsp3) is 0.360. The maximum atomic E-state index is 12.6. The lowest BCUT2D eigenvalue weighted by Gasteiger charge is -2.19. The molecule has 0 aliphatic carbocycles. The van der Waals surface area contributed by atoms with Crippen molar-refractivity contribution >= 4 is 29.1 Å². The zero-order chi connectivity index (χ0) is 23.5. The van der Waals surface area contributed by atoms with Crippen LogP contribution < -0.4 is 5.32 Å². The minimum Gasteiger partial charge on any atom is -0.326 e. The largest absolute Gasteiger partial charge is 0.326 e. The number of carbonyl (C=O) groups excluding carboxylic acids is 2. The number of carbonyl (C=O) groups is 2. The van der Waals surface area contributed by atoms with Crippen molar-refractivity contribution < 1.29 is 9.59 Å². The van der Waals surface area contributed by atoms with Crippen LogP contribution in [-0.4, -0.2) is 32.2 Å². The van der Waals surface area contributed by atoms with Crippen molar-refractivity contribution in [3.8, 4) is 11.4 Å². The molecule has 1 N–H and O–H groups in total. The third kappa shape index (κ3) is 5.65. The van der Waals surface area contributed by atoms with Crippen LogP contribution in [0.4, 0.5) is 5.69 Å². The topological polar surface area (TPSA) is 76.9 Å². The van der Waals surface area contributed by atoms with Crippen molar-refractivity contribution in [2.24, 2.45) is 13.0 Å². The highest BCUT2D eigenvalue weighted by Gasteiger charge is 2.17. The molecule has 0 saturated carbocycles. The molecule has 0 fully saturated rings. The maximum Gasteiger partial charge on any atom is 0.226 e. The van der Waals surface area contributed by atoms with Gasteiger partial charge >= 0.3 is 0 Å². The Labute approximate surface area is 193 Å². The third-order valence-electron chi connectivity index (χ3n) is 5.18. The van der Waals surface area contributed by atoms with E-state index in [1.165, 1.54) is 17.3 Å². The van der Waals surface area contributed by atoms with Crippen LogP contribution in [0.1, 0.15) is 50.5 Å². The Morgan fingerprint density at radius 3 is 2.19 bits per heavy atom. The van der Waals surface area contributed by atoms with Crippen molar-refractivity contribution in [1.29, 1.82) is 0 Å². The van der Waals surface area contributed by atoms with E-state index in [9.17, 15) is 9.59 Å². The Kier molecular flexibility index (Phi) is 7.19. The molecule has 32 heavy (non-hydrogen) atoms. The quantitative estimate of drug-likeness (QED) is 0.388. The van der Waals surface area contributed by atoms with E-state index >= 15 is 0 Å². The summed E-state index contributed by atoms with van der Waals surface area (Å²) in [5.74, 6) is 0.875. The first-order valence-electron chi connectivity index (χ1n) is 10.6. The number of ketones is 1. The highest BCUT2D eigenvalue weighted by Crippen LogP contribution is 2.27. The van der Waals surface area contributed by atoms with Crippen molar-refractivity contribution in [1.82, 2.24) is 14.8 Å². The van der Waals surface area contributed by atoms with E-state index in [0.29, 0.717) is 16.4 Å². The molecule has 0 unspecified atom stereocenters. The van der Waals surface area contributed by atoms with Gasteiger partial charge in [0.25, 0.3) is 0 Å². The smallest absolute Gasteiger partial charge is 0.226 e. The fourth-order valence-electron chi connectivity index (χ4n) is 3.05. The predicted octanol–water partition coefficient (Wildman–Crippen LogP) is 5.35. The van der Waals surface area contributed by atoms with E-state index < -0.39 is 0 Å². The lowest BCUT2D eigenvalue weighted by molar-refractivity contribution is -0.118. The van der Waals surface area contributed by atoms with Gasteiger partial charge in [-0.25, -0.2) is 0 Å². The third-order valence-corrected chi connectivity index (χ3v) is 6.20. The fourth-order valence-corrected chi connectivity index (χ4v) is 3.86. The number of anilines is 1. The van der Waals surface area contributed by atoms with Crippen LogP contribution in [-0.2, 0) is 17.3 Å². The van der Waals surface area contributed by atoms with Gasteiger partial charge in [-0.15, -0.1) is 10.2 Å². The Hall–Kier alpha value is -2.93. The Morgan fingerprint density at radius 1 is 1.00 bits per heavy atom. The van der Waals surface area contributed by atoms with Gasteiger partial charge in [0.1, 0.15) is 0 Å². The molecular weight excluding hydrogens is 420 g/mol. The molecule has 0 bridgehead atoms. The van der Waals surface area contributed by atoms with Gasteiger partial charge in [-0.05, 0) is 35.2 Å². The second kappa shape index (κ2) is 9.69. The van der Waals surface area contributed by atoms with Crippen LogP contribution in [0.2, 0.25) is 0 Å². The van der Waals surface area contributed by atoms with Gasteiger partial charge in [-0.3, -0.25) is 9.59 Å². The number of hydrogen-bond acceptors (Lipinski definition) is 5. The number of rotatable bonds is 7. The molecule has 0 saturated heterocycles. The first-order valence-corrected chi connectivity index (χ1v) is 11.6. The van der Waals surface area contributed by atoms with Gasteiger partial charge in [-0.2, -0.15) is 0 Å². The van der Waals surface area contributed by atoms with E-state index in [-0.39, 0.29) is 28.8 Å². The molecule has 168 valence electrons. The maximum absolute atomic E-state index is 12.6. The minimum absolute atomic E-state index is 0.00387. The standard InChI is InChI=1S/C25H30N4O2S/c1-16(2)23(31)26-20-13-9-17(10-14-20)21(30)15-32-24-28-27-22(29(24)6)18-7-11-19(12-8-18)25(3,4)5/h7-14,16H,15H2,1-6H3,(H,26,31). The number of Topliss-reactive ketones (excluding diaryl/α,β-unsaturated/α-hetero) is 1. The highest BCUT2D eigenvalue weighted by molar-refractivity contribution is 7.99. The number of nitrogens with zero attached hydrogens (tertiary/aromatic N) is 3. The van der Waals surface area contributed by atoms with E-state index in [4.69, 9.17) is 0 Å². The molecule has 1 amide bonds. The monoisotopic (exact) mass is 450 g/mol. The van der Waals surface area contributed by atoms with Crippen LogP contribution in [0.5, 0.6) is 0 Å². The van der Waals surface area contributed by atoms with E-state index in [1.807, 2.05) is 25.5 Å². The summed E-state index contributed by atoms with van der Waals surface area (Å²) in [7, 11) is 1.91. The zero-order valence-electron chi connectivity index (χ0n) is 19.5. The molecule has 1 heterocycles. The summed E-state index contributed by atoms with van der Waals surface area (Å²) >= 11 is 1.36. The molecular formula is C25H30N4O2S. The number of nitrogens with one attached hydrogen (secondary N) is 1. The molecule has 3 rings (SSSR count). The van der Waals surface area contributed by atoms with E-state index in [2.05, 4.69) is 60.6 Å². The SMILES string of the molecule is CC(C)C(=O)Nc1ccc(C(=O)CSc2nnc(-c3ccc(C(C)(C)C)cc3)n2C)cc1. The molecule has 0 spiro atoms. The lowest BCUT2D eigenvalue weighted by atomic mass is 9.87. The minimum atomic E-state index is -0.0968. The summed E-state index contributed by atoms with van der Waals surface area (Å²) in [6.07, 6.45) is 0. The van der Waals surface area contributed by atoms with Crippen molar-refractivity contribution in [3.05, 3.63) is 59.7 Å². The lowest BCUT2D eigenvalue weighted by Crippen LogP contribution is -2.17. The summed E-state index contributed by atoms with van der Waals surface area (Å²) in [4.78, 5) is 24.4. The van der Waals surface area contributed by atoms with Crippen LogP contribution >= 0.6 is 11.8 Å². The first-order chi connectivity index (χ1) is 15.1. The second-order valence-electron chi connectivity index (χ2n) is 9.13. The molecule has 6 nitrogen and oxygen atoms in total. The van der Waals surface area contributed by atoms with Gasteiger partial charge in [0.05, 0.1) is 5.75 Å². The number of benzene rings is 2. The summed E-state index contributed by atoms with van der Waals surface area (Å²) in [6, 6.07) is 15.3. The Morgan fingerprint density at radius 2 is 1.62 bits per heavy atom. The number of amides is 1. The van der Waals surface area contributed by atoms with E-state index in [1.54, 1.807) is 24.3 Å². The van der Waals surface area contributed by atoms with Crippen LogP contribution in [0, 0.1) is 5.92 Å². The number of thioether (sulfide) groups is 1. The molecule has 0 radical (unpaired) electrons. The summed E-state index contributed by atoms with van der Waals surface area (Å²) in [6.45, 7) is 10.2. The predicted molar refractivity (Wildman–Crippen MR) is 130 cm³/mol. The first kappa shape index (κ1) is 23.7. The van der Waals surface area contributed by atoms with Gasteiger partial charge in [-0.1, -0.05) is 70.6 Å². The molecule has 0 atom stereocenters. The van der Waals surface area contributed by atoms with Crippen LogP contribution in [0.25, 0.3) is 11.4 Å². The van der Waals surface area contributed by atoms with Crippen LogP contribution in [0.3, 0.4) is 0 Å². The molecule has 0 aliphatic heterocycles. The average Bonchev–Trinajstić information content (AvgIpc) is 3.12. The van der Waals surface area contributed by atoms with Crippen LogP contribution in [0.15, 0.2) is 53.7 Å². The highest BCUT2D eigenvalue weighted by atomic mass is 32.2. The molecule has 3 aromatic rings. The zero-order valence-corrected chi connectivity index (χ0v) is 20.3. The van der Waals surface area contributed by atoms with Gasteiger partial charge in [0.15, 0.2) is 16.8 Å². The van der Waals surface area contributed by atoms with Gasteiger partial charge in [0.2, 0.25) is 5.91 Å². The summed E-state index contributed by atoms with van der Waals surface area (Å²) < 4.78 is 1.91. The van der Waals surface area contributed by atoms with E-state index in [0.717, 1.165) is 11.4 Å². The average molecular weight is 451 g/mol.